The van der Waals surface area contributed by atoms with Gasteiger partial charge in [0.2, 0.25) is 5.91 Å². The number of rotatable bonds is 11. The van der Waals surface area contributed by atoms with E-state index in [4.69, 9.17) is 0 Å². The standard InChI is InChI=1S/C36H34F3N3O3S/c1-4-32(35(45)41-28-13-8-12-27(21-28)36(37,38)39)46-30-15-9-14-29(22-30)40-34(44)31(42-33(43)26-10-6-5-7-11-26)20-24-16-18-25(19-17-24)23(2)3/h5-23,32H,4H2,1-3H3,(H,40,44)(H,41,45)(H,42,43)/b31-20+. The van der Waals surface area contributed by atoms with Crippen LogP contribution in [0.25, 0.3) is 6.08 Å². The van der Waals surface area contributed by atoms with Crippen LogP contribution in [0.1, 0.15) is 60.2 Å². The molecule has 0 fully saturated rings. The van der Waals surface area contributed by atoms with E-state index in [0.29, 0.717) is 28.5 Å². The summed E-state index contributed by atoms with van der Waals surface area (Å²) in [5.74, 6) is -1.10. The fraction of sp³-hybridized carbons (Fsp3) is 0.194. The molecule has 4 aromatic rings. The number of hydrogen-bond acceptors (Lipinski definition) is 4. The monoisotopic (exact) mass is 645 g/mol. The number of nitrogens with one attached hydrogen (secondary N) is 3. The topological polar surface area (TPSA) is 87.3 Å². The molecule has 0 aliphatic carbocycles. The summed E-state index contributed by atoms with van der Waals surface area (Å²) in [7, 11) is 0. The molecule has 46 heavy (non-hydrogen) atoms. The van der Waals surface area contributed by atoms with Crippen LogP contribution >= 0.6 is 11.8 Å². The largest absolute Gasteiger partial charge is 0.416 e. The highest BCUT2D eigenvalue weighted by molar-refractivity contribution is 8.00. The molecule has 1 atom stereocenters. The van der Waals surface area contributed by atoms with Crippen LogP contribution in [0.3, 0.4) is 0 Å². The van der Waals surface area contributed by atoms with E-state index in [9.17, 15) is 27.6 Å². The molecule has 0 aliphatic heterocycles. The Kier molecular flexibility index (Phi) is 11.4. The Hall–Kier alpha value is -4.83. The van der Waals surface area contributed by atoms with Crippen LogP contribution in [0.5, 0.6) is 0 Å². The molecule has 10 heteroatoms. The summed E-state index contributed by atoms with van der Waals surface area (Å²) < 4.78 is 39.3. The summed E-state index contributed by atoms with van der Waals surface area (Å²) in [6, 6.07) is 27.6. The Morgan fingerprint density at radius 2 is 1.46 bits per heavy atom. The van der Waals surface area contributed by atoms with Gasteiger partial charge >= 0.3 is 6.18 Å². The van der Waals surface area contributed by atoms with Gasteiger partial charge in [-0.3, -0.25) is 14.4 Å². The summed E-state index contributed by atoms with van der Waals surface area (Å²) >= 11 is 1.22. The Morgan fingerprint density at radius 3 is 2.09 bits per heavy atom. The first-order chi connectivity index (χ1) is 21.9. The van der Waals surface area contributed by atoms with Crippen molar-refractivity contribution in [2.75, 3.05) is 10.6 Å². The van der Waals surface area contributed by atoms with Crippen molar-refractivity contribution in [1.29, 1.82) is 0 Å². The third kappa shape index (κ3) is 9.58. The van der Waals surface area contributed by atoms with E-state index in [1.807, 2.05) is 24.3 Å². The minimum atomic E-state index is -4.53. The van der Waals surface area contributed by atoms with Gasteiger partial charge < -0.3 is 16.0 Å². The highest BCUT2D eigenvalue weighted by Crippen LogP contribution is 2.32. The highest BCUT2D eigenvalue weighted by Gasteiger charge is 2.30. The zero-order valence-corrected chi connectivity index (χ0v) is 26.3. The number of amides is 3. The summed E-state index contributed by atoms with van der Waals surface area (Å²) in [6.07, 6.45) is -2.52. The van der Waals surface area contributed by atoms with E-state index in [1.54, 1.807) is 67.6 Å². The van der Waals surface area contributed by atoms with Crippen molar-refractivity contribution in [2.45, 2.75) is 49.4 Å². The van der Waals surface area contributed by atoms with E-state index in [-0.39, 0.29) is 11.4 Å². The first-order valence-electron chi connectivity index (χ1n) is 14.7. The Morgan fingerprint density at radius 1 is 0.804 bits per heavy atom. The first-order valence-corrected chi connectivity index (χ1v) is 15.5. The molecule has 0 aromatic heterocycles. The molecular weight excluding hydrogens is 611 g/mol. The first kappa shape index (κ1) is 34.1. The van der Waals surface area contributed by atoms with Crippen molar-refractivity contribution in [3.8, 4) is 0 Å². The van der Waals surface area contributed by atoms with E-state index in [0.717, 1.165) is 23.3 Å². The van der Waals surface area contributed by atoms with Gasteiger partial charge in [0.25, 0.3) is 11.8 Å². The quantitative estimate of drug-likeness (QED) is 0.112. The molecule has 1 unspecified atom stereocenters. The van der Waals surface area contributed by atoms with E-state index in [1.165, 1.54) is 23.9 Å². The number of halogens is 3. The molecule has 4 rings (SSSR count). The lowest BCUT2D eigenvalue weighted by Crippen LogP contribution is -2.30. The van der Waals surface area contributed by atoms with Crippen LogP contribution in [0.15, 0.2) is 114 Å². The zero-order valence-electron chi connectivity index (χ0n) is 25.5. The van der Waals surface area contributed by atoms with Crippen molar-refractivity contribution in [2.24, 2.45) is 0 Å². The average molecular weight is 646 g/mol. The Labute approximate surface area is 270 Å². The number of anilines is 2. The lowest BCUT2D eigenvalue weighted by Gasteiger charge is -2.16. The van der Waals surface area contributed by atoms with Crippen molar-refractivity contribution >= 4 is 46.9 Å². The maximum atomic E-state index is 13.5. The third-order valence-electron chi connectivity index (χ3n) is 6.93. The van der Waals surface area contributed by atoms with Crippen LogP contribution < -0.4 is 16.0 Å². The number of carbonyl (C=O) groups excluding carboxylic acids is 3. The molecule has 0 radical (unpaired) electrons. The highest BCUT2D eigenvalue weighted by atomic mass is 32.2. The third-order valence-corrected chi connectivity index (χ3v) is 8.29. The SMILES string of the molecule is CCC(Sc1cccc(NC(=O)/C(=C\c2ccc(C(C)C)cc2)NC(=O)c2ccccc2)c1)C(=O)Nc1cccc(C(F)(F)F)c1. The van der Waals surface area contributed by atoms with E-state index < -0.39 is 34.7 Å². The molecule has 6 nitrogen and oxygen atoms in total. The number of alkyl halides is 3. The van der Waals surface area contributed by atoms with Gasteiger partial charge in [-0.1, -0.05) is 75.4 Å². The van der Waals surface area contributed by atoms with Gasteiger partial charge in [0.1, 0.15) is 5.70 Å². The van der Waals surface area contributed by atoms with Gasteiger partial charge in [-0.25, -0.2) is 0 Å². The maximum absolute atomic E-state index is 13.5. The molecule has 0 aliphatic rings. The van der Waals surface area contributed by atoms with Crippen molar-refractivity contribution in [1.82, 2.24) is 5.32 Å². The molecule has 238 valence electrons. The predicted molar refractivity (Wildman–Crippen MR) is 177 cm³/mol. The van der Waals surface area contributed by atoms with Crippen molar-refractivity contribution in [3.63, 3.8) is 0 Å². The van der Waals surface area contributed by atoms with Gasteiger partial charge in [-0.2, -0.15) is 13.2 Å². The van der Waals surface area contributed by atoms with Crippen molar-refractivity contribution in [3.05, 3.63) is 131 Å². The lowest BCUT2D eigenvalue weighted by molar-refractivity contribution is -0.137. The average Bonchev–Trinajstić information content (AvgIpc) is 3.03. The van der Waals surface area contributed by atoms with Crippen molar-refractivity contribution < 1.29 is 27.6 Å². The normalized spacial score (nSPS) is 12.4. The van der Waals surface area contributed by atoms with Gasteiger partial charge in [0, 0.05) is 21.8 Å². The number of benzene rings is 4. The van der Waals surface area contributed by atoms with Crippen LogP contribution in [-0.2, 0) is 15.8 Å². The summed E-state index contributed by atoms with van der Waals surface area (Å²) in [4.78, 5) is 40.1. The minimum absolute atomic E-state index is 0.0381. The fourth-order valence-electron chi connectivity index (χ4n) is 4.41. The Balaban J connectivity index is 1.50. The van der Waals surface area contributed by atoms with Gasteiger partial charge in [0.05, 0.1) is 10.8 Å². The van der Waals surface area contributed by atoms with Crippen LogP contribution in [0, 0.1) is 0 Å². The summed E-state index contributed by atoms with van der Waals surface area (Å²) in [6.45, 7) is 5.97. The maximum Gasteiger partial charge on any atom is 0.416 e. The number of thioether (sulfide) groups is 1. The smallest absolute Gasteiger partial charge is 0.325 e. The van der Waals surface area contributed by atoms with Crippen LogP contribution in [-0.4, -0.2) is 23.0 Å². The van der Waals surface area contributed by atoms with E-state index >= 15 is 0 Å². The molecule has 3 N–H and O–H groups in total. The molecule has 3 amide bonds. The molecule has 0 bridgehead atoms. The van der Waals surface area contributed by atoms with Gasteiger partial charge in [-0.05, 0) is 78.1 Å². The predicted octanol–water partition coefficient (Wildman–Crippen LogP) is 8.75. The second-order valence-electron chi connectivity index (χ2n) is 10.8. The molecule has 0 saturated carbocycles. The van der Waals surface area contributed by atoms with Gasteiger partial charge in [-0.15, -0.1) is 11.8 Å². The molecule has 0 heterocycles. The van der Waals surface area contributed by atoms with Crippen LogP contribution in [0.2, 0.25) is 0 Å². The summed E-state index contributed by atoms with van der Waals surface area (Å²) in [5, 5.41) is 7.51. The minimum Gasteiger partial charge on any atom is -0.325 e. The second-order valence-corrected chi connectivity index (χ2v) is 12.0. The lowest BCUT2D eigenvalue weighted by atomic mass is 10.0. The Bertz CT molecular complexity index is 1710. The molecule has 0 saturated heterocycles. The zero-order chi connectivity index (χ0) is 33.3. The number of hydrogen-bond donors (Lipinski definition) is 3. The van der Waals surface area contributed by atoms with E-state index in [2.05, 4.69) is 29.8 Å². The second kappa shape index (κ2) is 15.4. The van der Waals surface area contributed by atoms with Gasteiger partial charge in [0.15, 0.2) is 0 Å². The fourth-order valence-corrected chi connectivity index (χ4v) is 5.43. The molecule has 4 aromatic carbocycles. The molecule has 0 spiro atoms. The van der Waals surface area contributed by atoms with Crippen LogP contribution in [0.4, 0.5) is 24.5 Å². The molecular formula is C36H34F3N3O3S. The summed E-state index contributed by atoms with van der Waals surface area (Å²) in [5.41, 5.74) is 1.92. The number of carbonyl (C=O) groups is 3.